The summed E-state index contributed by atoms with van der Waals surface area (Å²) in [4.78, 5) is 2.42. The van der Waals surface area contributed by atoms with Crippen LogP contribution in [0.4, 0.5) is 0 Å². The Bertz CT molecular complexity index is 284. The number of nitrogens with one attached hydrogen (secondary N) is 1. The SMILES string of the molecule is CCNC(CC)CN(C)CCc1ccccc1. The van der Waals surface area contributed by atoms with Gasteiger partial charge in [0.05, 0.1) is 0 Å². The molecule has 0 saturated carbocycles. The van der Waals surface area contributed by atoms with E-state index in [1.165, 1.54) is 12.0 Å². The lowest BCUT2D eigenvalue weighted by atomic mass is 10.1. The molecule has 0 radical (unpaired) electrons. The van der Waals surface area contributed by atoms with Crippen LogP contribution in [-0.2, 0) is 6.42 Å². The van der Waals surface area contributed by atoms with Crippen LogP contribution in [0.5, 0.6) is 0 Å². The Balaban J connectivity index is 2.27. The smallest absolute Gasteiger partial charge is 0.0192 e. The molecule has 0 amide bonds. The fourth-order valence-electron chi connectivity index (χ4n) is 2.06. The van der Waals surface area contributed by atoms with Gasteiger partial charge in [-0.25, -0.2) is 0 Å². The molecule has 1 unspecified atom stereocenters. The molecule has 1 N–H and O–H groups in total. The molecule has 0 aliphatic rings. The van der Waals surface area contributed by atoms with Gasteiger partial charge in [0.25, 0.3) is 0 Å². The topological polar surface area (TPSA) is 15.3 Å². The zero-order valence-electron chi connectivity index (χ0n) is 11.4. The Labute approximate surface area is 106 Å². The van der Waals surface area contributed by atoms with Crippen molar-refractivity contribution in [1.29, 1.82) is 0 Å². The fraction of sp³-hybridized carbons (Fsp3) is 0.600. The quantitative estimate of drug-likeness (QED) is 0.743. The van der Waals surface area contributed by atoms with E-state index in [1.54, 1.807) is 0 Å². The first-order valence-electron chi connectivity index (χ1n) is 6.72. The first kappa shape index (κ1) is 14.2. The van der Waals surface area contributed by atoms with Gasteiger partial charge in [0, 0.05) is 19.1 Å². The molecule has 17 heavy (non-hydrogen) atoms. The summed E-state index contributed by atoms with van der Waals surface area (Å²) >= 11 is 0. The first-order chi connectivity index (χ1) is 8.26. The standard InChI is InChI=1S/C15H26N2/c1-4-15(16-5-2)13-17(3)12-11-14-9-7-6-8-10-14/h6-10,15-16H,4-5,11-13H2,1-3H3. The van der Waals surface area contributed by atoms with Crippen molar-refractivity contribution in [2.45, 2.75) is 32.7 Å². The van der Waals surface area contributed by atoms with Crippen LogP contribution >= 0.6 is 0 Å². The summed E-state index contributed by atoms with van der Waals surface area (Å²) in [7, 11) is 2.21. The third-order valence-electron chi connectivity index (χ3n) is 3.14. The summed E-state index contributed by atoms with van der Waals surface area (Å²) in [5.74, 6) is 0. The Kier molecular flexibility index (Phi) is 6.90. The molecule has 0 bridgehead atoms. The highest BCUT2D eigenvalue weighted by molar-refractivity contribution is 5.14. The van der Waals surface area contributed by atoms with Crippen molar-refractivity contribution >= 4 is 0 Å². The summed E-state index contributed by atoms with van der Waals surface area (Å²) in [5.41, 5.74) is 1.43. The van der Waals surface area contributed by atoms with E-state index in [2.05, 4.69) is 61.4 Å². The molecule has 0 aromatic heterocycles. The second-order valence-electron chi connectivity index (χ2n) is 4.66. The minimum atomic E-state index is 0.626. The van der Waals surface area contributed by atoms with Gasteiger partial charge in [-0.15, -0.1) is 0 Å². The van der Waals surface area contributed by atoms with Crippen LogP contribution in [0.1, 0.15) is 25.8 Å². The molecular weight excluding hydrogens is 208 g/mol. The maximum absolute atomic E-state index is 3.52. The molecule has 1 aromatic carbocycles. The molecule has 2 heteroatoms. The van der Waals surface area contributed by atoms with Gasteiger partial charge in [0.15, 0.2) is 0 Å². The Hall–Kier alpha value is -0.860. The molecule has 2 nitrogen and oxygen atoms in total. The Morgan fingerprint density at radius 1 is 1.18 bits per heavy atom. The molecule has 0 aliphatic carbocycles. The van der Waals surface area contributed by atoms with E-state index in [-0.39, 0.29) is 0 Å². The highest BCUT2D eigenvalue weighted by Gasteiger charge is 2.07. The van der Waals surface area contributed by atoms with Crippen molar-refractivity contribution < 1.29 is 0 Å². The van der Waals surface area contributed by atoms with Gasteiger partial charge in [0.2, 0.25) is 0 Å². The molecule has 0 saturated heterocycles. The van der Waals surface area contributed by atoms with Gasteiger partial charge >= 0.3 is 0 Å². The van der Waals surface area contributed by atoms with Crippen LogP contribution in [0.2, 0.25) is 0 Å². The van der Waals surface area contributed by atoms with Crippen molar-refractivity contribution in [2.24, 2.45) is 0 Å². The number of rotatable bonds is 8. The van der Waals surface area contributed by atoms with Crippen molar-refractivity contribution in [1.82, 2.24) is 10.2 Å². The second-order valence-corrected chi connectivity index (χ2v) is 4.66. The average Bonchev–Trinajstić information content (AvgIpc) is 2.37. The molecule has 0 aliphatic heterocycles. The number of hydrogen-bond acceptors (Lipinski definition) is 2. The molecule has 1 rings (SSSR count). The Morgan fingerprint density at radius 3 is 2.47 bits per heavy atom. The zero-order valence-corrected chi connectivity index (χ0v) is 11.4. The molecule has 0 fully saturated rings. The third-order valence-corrected chi connectivity index (χ3v) is 3.14. The molecule has 1 atom stereocenters. The molecule has 96 valence electrons. The number of hydrogen-bond donors (Lipinski definition) is 1. The van der Waals surface area contributed by atoms with Crippen LogP contribution in [-0.4, -0.2) is 37.6 Å². The summed E-state index contributed by atoms with van der Waals surface area (Å²) in [6, 6.07) is 11.3. The van der Waals surface area contributed by atoms with Gasteiger partial charge in [-0.05, 0) is 32.0 Å². The summed E-state index contributed by atoms with van der Waals surface area (Å²) < 4.78 is 0. The normalized spacial score (nSPS) is 12.9. The molecular formula is C15H26N2. The van der Waals surface area contributed by atoms with E-state index in [0.29, 0.717) is 6.04 Å². The second kappa shape index (κ2) is 8.26. The van der Waals surface area contributed by atoms with Gasteiger partial charge in [-0.1, -0.05) is 44.2 Å². The molecule has 1 aromatic rings. The van der Waals surface area contributed by atoms with Gasteiger partial charge in [-0.2, -0.15) is 0 Å². The minimum Gasteiger partial charge on any atom is -0.313 e. The van der Waals surface area contributed by atoms with Gasteiger partial charge < -0.3 is 10.2 Å². The minimum absolute atomic E-state index is 0.626. The summed E-state index contributed by atoms with van der Waals surface area (Å²) in [6.45, 7) is 7.75. The predicted molar refractivity (Wildman–Crippen MR) is 75.4 cm³/mol. The van der Waals surface area contributed by atoms with Crippen LogP contribution in [0.3, 0.4) is 0 Å². The lowest BCUT2D eigenvalue weighted by Gasteiger charge is -2.23. The fourth-order valence-corrected chi connectivity index (χ4v) is 2.06. The van der Waals surface area contributed by atoms with Crippen LogP contribution in [0.25, 0.3) is 0 Å². The molecule has 0 heterocycles. The van der Waals surface area contributed by atoms with E-state index in [9.17, 15) is 0 Å². The summed E-state index contributed by atoms with van der Waals surface area (Å²) in [5, 5.41) is 3.52. The number of likely N-dealkylation sites (N-methyl/N-ethyl adjacent to an activating group) is 2. The number of benzene rings is 1. The van der Waals surface area contributed by atoms with E-state index in [0.717, 1.165) is 26.1 Å². The lowest BCUT2D eigenvalue weighted by molar-refractivity contribution is 0.289. The number of nitrogens with zero attached hydrogens (tertiary/aromatic N) is 1. The van der Waals surface area contributed by atoms with Crippen LogP contribution in [0.15, 0.2) is 30.3 Å². The van der Waals surface area contributed by atoms with Crippen molar-refractivity contribution in [3.8, 4) is 0 Å². The summed E-state index contributed by atoms with van der Waals surface area (Å²) in [6.07, 6.45) is 2.34. The third kappa shape index (κ3) is 5.85. The first-order valence-corrected chi connectivity index (χ1v) is 6.72. The maximum Gasteiger partial charge on any atom is 0.0192 e. The van der Waals surface area contributed by atoms with E-state index >= 15 is 0 Å². The van der Waals surface area contributed by atoms with E-state index < -0.39 is 0 Å². The largest absolute Gasteiger partial charge is 0.313 e. The average molecular weight is 234 g/mol. The van der Waals surface area contributed by atoms with Crippen LogP contribution < -0.4 is 5.32 Å². The highest BCUT2D eigenvalue weighted by atomic mass is 15.1. The van der Waals surface area contributed by atoms with Crippen molar-refractivity contribution in [3.05, 3.63) is 35.9 Å². The zero-order chi connectivity index (χ0) is 12.5. The monoisotopic (exact) mass is 234 g/mol. The highest BCUT2D eigenvalue weighted by Crippen LogP contribution is 2.01. The lowest BCUT2D eigenvalue weighted by Crippen LogP contribution is -2.39. The maximum atomic E-state index is 3.52. The van der Waals surface area contributed by atoms with E-state index in [1.807, 2.05) is 0 Å². The van der Waals surface area contributed by atoms with Crippen molar-refractivity contribution in [2.75, 3.05) is 26.7 Å². The van der Waals surface area contributed by atoms with Crippen molar-refractivity contribution in [3.63, 3.8) is 0 Å². The Morgan fingerprint density at radius 2 is 1.88 bits per heavy atom. The van der Waals surface area contributed by atoms with Gasteiger partial charge in [0.1, 0.15) is 0 Å². The van der Waals surface area contributed by atoms with Gasteiger partial charge in [-0.3, -0.25) is 0 Å². The van der Waals surface area contributed by atoms with E-state index in [4.69, 9.17) is 0 Å². The van der Waals surface area contributed by atoms with Crippen LogP contribution in [0, 0.1) is 0 Å². The molecule has 0 spiro atoms. The predicted octanol–water partition coefficient (Wildman–Crippen LogP) is 2.55.